The van der Waals surface area contributed by atoms with Crippen molar-refractivity contribution in [2.45, 2.75) is 19.0 Å². The van der Waals surface area contributed by atoms with Crippen LogP contribution in [0.2, 0.25) is 0 Å². The number of rotatable bonds is 2. The highest BCUT2D eigenvalue weighted by Gasteiger charge is 2.25. The van der Waals surface area contributed by atoms with Gasteiger partial charge in [-0.2, -0.15) is 0 Å². The Morgan fingerprint density at radius 1 is 1.71 bits per heavy atom. The average Bonchev–Trinajstić information content (AvgIpc) is 2.17. The van der Waals surface area contributed by atoms with E-state index in [2.05, 4.69) is 4.74 Å². The van der Waals surface area contributed by atoms with Gasteiger partial charge in [-0.3, -0.25) is 0 Å². The molecule has 42 valence electrons. The lowest BCUT2D eigenvalue weighted by molar-refractivity contribution is 0.125. The third-order valence-electron chi connectivity index (χ3n) is 0.843. The minimum absolute atomic E-state index is 0.0833. The Hall–Kier alpha value is -0.180. The molecule has 1 rings (SSSR count). The monoisotopic (exact) mass is 108 g/mol. The Labute approximate surface area is 40.3 Å². The molecule has 0 saturated carbocycles. The predicted molar refractivity (Wildman–Crippen MR) is 20.4 cm³/mol. The smallest absolute Gasteiger partial charge is 0.241 e. The van der Waals surface area contributed by atoms with Crippen LogP contribution in [0.15, 0.2) is 0 Å². The Bertz CT molecular complexity index is 60.7. The highest BCUT2D eigenvalue weighted by molar-refractivity contribution is 4.68. The summed E-state index contributed by atoms with van der Waals surface area (Å²) >= 11 is 0. The van der Waals surface area contributed by atoms with Crippen LogP contribution in [0.25, 0.3) is 0 Å². The van der Waals surface area contributed by atoms with Crippen molar-refractivity contribution in [2.24, 2.45) is 0 Å². The molecule has 0 spiro atoms. The van der Waals surface area contributed by atoms with Gasteiger partial charge in [0.1, 0.15) is 0 Å². The van der Waals surface area contributed by atoms with Gasteiger partial charge in [0.2, 0.25) is 6.43 Å². The van der Waals surface area contributed by atoms with E-state index >= 15 is 0 Å². The van der Waals surface area contributed by atoms with Gasteiger partial charge >= 0.3 is 0 Å². The molecule has 0 N–H and O–H groups in total. The third kappa shape index (κ3) is 1.83. The van der Waals surface area contributed by atoms with Crippen LogP contribution < -0.4 is 0 Å². The van der Waals surface area contributed by atoms with Crippen LogP contribution in [0.3, 0.4) is 0 Å². The van der Waals surface area contributed by atoms with Crippen molar-refractivity contribution in [3.63, 3.8) is 0 Å². The first kappa shape index (κ1) is 4.97. The zero-order valence-electron chi connectivity index (χ0n) is 3.73. The summed E-state index contributed by atoms with van der Waals surface area (Å²) in [7, 11) is 0. The summed E-state index contributed by atoms with van der Waals surface area (Å²) in [6, 6.07) is 0. The average molecular weight is 108 g/mol. The van der Waals surface area contributed by atoms with Gasteiger partial charge in [-0.1, -0.05) is 0 Å². The largest absolute Gasteiger partial charge is 0.373 e. The van der Waals surface area contributed by atoms with Crippen molar-refractivity contribution in [3.8, 4) is 0 Å². The van der Waals surface area contributed by atoms with Crippen LogP contribution in [0, 0.1) is 0 Å². The quantitative estimate of drug-likeness (QED) is 0.481. The molecule has 1 heterocycles. The topological polar surface area (TPSA) is 12.5 Å². The van der Waals surface area contributed by atoms with Gasteiger partial charge in [-0.05, 0) is 0 Å². The second kappa shape index (κ2) is 1.74. The molecule has 0 aromatic rings. The first-order valence-electron chi connectivity index (χ1n) is 2.19. The van der Waals surface area contributed by atoms with Gasteiger partial charge in [0.05, 0.1) is 12.7 Å². The standard InChI is InChI=1S/C4H6F2O/c5-4(6)1-3-2-7-3/h3-4H,1-2H2. The molecule has 1 aliphatic rings. The molecule has 0 aliphatic carbocycles. The zero-order valence-corrected chi connectivity index (χ0v) is 3.73. The number of alkyl halides is 2. The maximum atomic E-state index is 11.2. The van der Waals surface area contributed by atoms with E-state index in [0.29, 0.717) is 6.61 Å². The van der Waals surface area contributed by atoms with E-state index in [-0.39, 0.29) is 12.5 Å². The van der Waals surface area contributed by atoms with Gasteiger partial charge in [0, 0.05) is 6.42 Å². The lowest BCUT2D eigenvalue weighted by Gasteiger charge is -1.88. The Morgan fingerprint density at radius 3 is 2.43 bits per heavy atom. The molecular formula is C4H6F2O. The van der Waals surface area contributed by atoms with Gasteiger partial charge in [0.15, 0.2) is 0 Å². The third-order valence-corrected chi connectivity index (χ3v) is 0.843. The van der Waals surface area contributed by atoms with Crippen LogP contribution in [-0.4, -0.2) is 19.1 Å². The van der Waals surface area contributed by atoms with Gasteiger partial charge in [0.25, 0.3) is 0 Å². The minimum atomic E-state index is -2.19. The van der Waals surface area contributed by atoms with Crippen molar-refractivity contribution in [1.29, 1.82) is 0 Å². The van der Waals surface area contributed by atoms with Gasteiger partial charge < -0.3 is 4.74 Å². The molecule has 1 aliphatic heterocycles. The highest BCUT2D eigenvalue weighted by Crippen LogP contribution is 2.17. The summed E-state index contributed by atoms with van der Waals surface area (Å²) in [5.74, 6) is 0. The second-order valence-electron chi connectivity index (χ2n) is 1.58. The van der Waals surface area contributed by atoms with E-state index in [1.165, 1.54) is 0 Å². The molecule has 1 unspecified atom stereocenters. The van der Waals surface area contributed by atoms with Crippen LogP contribution in [0.5, 0.6) is 0 Å². The Morgan fingerprint density at radius 2 is 2.29 bits per heavy atom. The Balaban J connectivity index is 1.97. The SMILES string of the molecule is FC(F)CC1CO1. The molecule has 7 heavy (non-hydrogen) atoms. The van der Waals surface area contributed by atoms with Crippen molar-refractivity contribution >= 4 is 0 Å². The number of halogens is 2. The van der Waals surface area contributed by atoms with Crippen molar-refractivity contribution in [3.05, 3.63) is 0 Å². The summed E-state index contributed by atoms with van der Waals surface area (Å²) in [4.78, 5) is 0. The first-order chi connectivity index (χ1) is 3.29. The summed E-state index contributed by atoms with van der Waals surface area (Å²) < 4.78 is 27.0. The lowest BCUT2D eigenvalue weighted by atomic mass is 10.3. The van der Waals surface area contributed by atoms with Crippen molar-refractivity contribution < 1.29 is 13.5 Å². The Kier molecular flexibility index (Phi) is 1.23. The molecule has 0 aromatic carbocycles. The fourth-order valence-corrected chi connectivity index (χ4v) is 0.403. The molecule has 0 bridgehead atoms. The van der Waals surface area contributed by atoms with E-state index in [4.69, 9.17) is 0 Å². The van der Waals surface area contributed by atoms with Crippen molar-refractivity contribution in [1.82, 2.24) is 0 Å². The van der Waals surface area contributed by atoms with Crippen LogP contribution in [0.4, 0.5) is 8.78 Å². The number of ether oxygens (including phenoxy) is 1. The summed E-state index contributed by atoms with van der Waals surface area (Å²) in [6.07, 6.45) is -2.40. The molecule has 1 saturated heterocycles. The predicted octanol–water partition coefficient (Wildman–Crippen LogP) is 1.04. The normalized spacial score (nSPS) is 28.7. The maximum absolute atomic E-state index is 11.2. The maximum Gasteiger partial charge on any atom is 0.241 e. The fraction of sp³-hybridized carbons (Fsp3) is 1.00. The summed E-state index contributed by atoms with van der Waals surface area (Å²) in [6.45, 7) is 0.532. The van der Waals surface area contributed by atoms with Crippen LogP contribution in [-0.2, 0) is 4.74 Å². The van der Waals surface area contributed by atoms with E-state index in [1.807, 2.05) is 0 Å². The molecule has 0 amide bonds. The zero-order chi connectivity index (χ0) is 5.28. The highest BCUT2D eigenvalue weighted by atomic mass is 19.3. The molecule has 1 nitrogen and oxygen atoms in total. The van der Waals surface area contributed by atoms with Crippen molar-refractivity contribution in [2.75, 3.05) is 6.61 Å². The molecule has 1 fully saturated rings. The summed E-state index contributed by atoms with van der Waals surface area (Å²) in [5.41, 5.74) is 0. The second-order valence-corrected chi connectivity index (χ2v) is 1.58. The number of hydrogen-bond acceptors (Lipinski definition) is 1. The van der Waals surface area contributed by atoms with Gasteiger partial charge in [-0.15, -0.1) is 0 Å². The van der Waals surface area contributed by atoms with E-state index in [1.54, 1.807) is 0 Å². The fourth-order valence-electron chi connectivity index (χ4n) is 0.403. The molecule has 1 atom stereocenters. The van der Waals surface area contributed by atoms with Crippen LogP contribution >= 0.6 is 0 Å². The van der Waals surface area contributed by atoms with E-state index in [0.717, 1.165) is 0 Å². The first-order valence-corrected chi connectivity index (χ1v) is 2.19. The summed E-state index contributed by atoms with van der Waals surface area (Å²) in [5, 5.41) is 0. The van der Waals surface area contributed by atoms with E-state index < -0.39 is 6.43 Å². The lowest BCUT2D eigenvalue weighted by Crippen LogP contribution is -1.94. The van der Waals surface area contributed by atoms with Crippen LogP contribution in [0.1, 0.15) is 6.42 Å². The minimum Gasteiger partial charge on any atom is -0.373 e. The molecular weight excluding hydrogens is 102 g/mol. The molecule has 0 radical (unpaired) electrons. The molecule has 3 heteroatoms. The number of hydrogen-bond donors (Lipinski definition) is 0. The van der Waals surface area contributed by atoms with Gasteiger partial charge in [-0.25, -0.2) is 8.78 Å². The molecule has 0 aromatic heterocycles. The number of epoxide rings is 1. The van der Waals surface area contributed by atoms with E-state index in [9.17, 15) is 8.78 Å².